The van der Waals surface area contributed by atoms with Gasteiger partial charge in [0.25, 0.3) is 0 Å². The Hall–Kier alpha value is -1.37. The van der Waals surface area contributed by atoms with Gasteiger partial charge in [0.15, 0.2) is 8.32 Å². The SMILES string of the molecule is CCOC(=O)[C@@H](CNCc1ccc(OC)cc1)[C@@H](C)O[Si](C)(C)C(C)(C)C. The van der Waals surface area contributed by atoms with Crippen molar-refractivity contribution in [1.29, 1.82) is 0 Å². The van der Waals surface area contributed by atoms with Crippen molar-refractivity contribution in [2.45, 2.75) is 65.4 Å². The number of esters is 1. The third kappa shape index (κ3) is 7.28. The van der Waals surface area contributed by atoms with E-state index in [0.29, 0.717) is 19.7 Å². The van der Waals surface area contributed by atoms with Crippen molar-refractivity contribution in [2.24, 2.45) is 5.92 Å². The molecule has 0 unspecified atom stereocenters. The zero-order chi connectivity index (χ0) is 20.7. The van der Waals surface area contributed by atoms with Gasteiger partial charge in [0.2, 0.25) is 0 Å². The average molecular weight is 396 g/mol. The molecule has 0 heterocycles. The van der Waals surface area contributed by atoms with E-state index in [1.165, 1.54) is 0 Å². The minimum atomic E-state index is -1.96. The average Bonchev–Trinajstić information content (AvgIpc) is 2.57. The molecular formula is C21H37NO4Si. The maximum atomic E-state index is 12.5. The summed E-state index contributed by atoms with van der Waals surface area (Å²) >= 11 is 0. The van der Waals surface area contributed by atoms with Crippen LogP contribution in [0.5, 0.6) is 5.75 Å². The molecule has 0 saturated heterocycles. The van der Waals surface area contributed by atoms with Crippen molar-refractivity contribution in [1.82, 2.24) is 5.32 Å². The number of rotatable bonds is 10. The van der Waals surface area contributed by atoms with Gasteiger partial charge in [-0.2, -0.15) is 0 Å². The van der Waals surface area contributed by atoms with E-state index in [9.17, 15) is 4.79 Å². The normalized spacial score (nSPS) is 14.5. The van der Waals surface area contributed by atoms with E-state index < -0.39 is 8.32 Å². The Bertz CT molecular complexity index is 581. The fourth-order valence-corrected chi connectivity index (χ4v) is 3.98. The second-order valence-corrected chi connectivity index (χ2v) is 13.2. The number of nitrogens with one attached hydrogen (secondary N) is 1. The molecule has 0 aliphatic heterocycles. The molecule has 154 valence electrons. The van der Waals surface area contributed by atoms with Crippen LogP contribution in [0.25, 0.3) is 0 Å². The summed E-state index contributed by atoms with van der Waals surface area (Å²) in [6.45, 7) is 16.4. The van der Waals surface area contributed by atoms with Crippen molar-refractivity contribution in [3.05, 3.63) is 29.8 Å². The number of carbonyl (C=O) groups is 1. The van der Waals surface area contributed by atoms with Crippen molar-refractivity contribution in [3.8, 4) is 5.75 Å². The fraction of sp³-hybridized carbons (Fsp3) is 0.667. The summed E-state index contributed by atoms with van der Waals surface area (Å²) in [6.07, 6.45) is -0.201. The first-order valence-electron chi connectivity index (χ1n) is 9.70. The predicted molar refractivity (Wildman–Crippen MR) is 113 cm³/mol. The van der Waals surface area contributed by atoms with E-state index >= 15 is 0 Å². The first-order chi connectivity index (χ1) is 12.5. The maximum Gasteiger partial charge on any atom is 0.312 e. The lowest BCUT2D eigenvalue weighted by atomic mass is 10.0. The van der Waals surface area contributed by atoms with Gasteiger partial charge in [-0.3, -0.25) is 4.79 Å². The summed E-state index contributed by atoms with van der Waals surface area (Å²) in [5.74, 6) is 0.294. The molecule has 0 aliphatic rings. The van der Waals surface area contributed by atoms with E-state index in [1.807, 2.05) is 38.1 Å². The molecule has 0 aromatic heterocycles. The summed E-state index contributed by atoms with van der Waals surface area (Å²) in [7, 11) is -0.309. The quantitative estimate of drug-likeness (QED) is 0.471. The summed E-state index contributed by atoms with van der Waals surface area (Å²) in [5.41, 5.74) is 1.14. The summed E-state index contributed by atoms with van der Waals surface area (Å²) < 4.78 is 16.9. The van der Waals surface area contributed by atoms with Gasteiger partial charge in [-0.1, -0.05) is 32.9 Å². The molecule has 6 heteroatoms. The van der Waals surface area contributed by atoms with Crippen molar-refractivity contribution in [3.63, 3.8) is 0 Å². The smallest absolute Gasteiger partial charge is 0.312 e. The Morgan fingerprint density at radius 1 is 1.19 bits per heavy atom. The highest BCUT2D eigenvalue weighted by atomic mass is 28.4. The molecule has 5 nitrogen and oxygen atoms in total. The van der Waals surface area contributed by atoms with Gasteiger partial charge in [0.05, 0.1) is 25.7 Å². The zero-order valence-electron chi connectivity index (χ0n) is 18.2. The first-order valence-corrected chi connectivity index (χ1v) is 12.6. The second-order valence-electron chi connectivity index (χ2n) is 8.42. The number of hydrogen-bond acceptors (Lipinski definition) is 5. The van der Waals surface area contributed by atoms with Crippen LogP contribution in [0.1, 0.15) is 40.2 Å². The van der Waals surface area contributed by atoms with Crippen molar-refractivity contribution < 1.29 is 18.7 Å². The summed E-state index contributed by atoms with van der Waals surface area (Å²) in [5, 5.41) is 3.47. The predicted octanol–water partition coefficient (Wildman–Crippen LogP) is 4.37. The maximum absolute atomic E-state index is 12.5. The number of benzene rings is 1. The van der Waals surface area contributed by atoms with Crippen LogP contribution >= 0.6 is 0 Å². The molecule has 1 N–H and O–H groups in total. The van der Waals surface area contributed by atoms with Gasteiger partial charge in [0, 0.05) is 13.1 Å². The highest BCUT2D eigenvalue weighted by Crippen LogP contribution is 2.38. The molecule has 0 aliphatic carbocycles. The van der Waals surface area contributed by atoms with E-state index in [-0.39, 0.29) is 23.0 Å². The first kappa shape index (κ1) is 23.7. The molecule has 0 fully saturated rings. The van der Waals surface area contributed by atoms with Gasteiger partial charge in [-0.25, -0.2) is 0 Å². The Morgan fingerprint density at radius 3 is 2.26 bits per heavy atom. The van der Waals surface area contributed by atoms with Crippen LogP contribution in [0.3, 0.4) is 0 Å². The minimum absolute atomic E-state index is 0.0942. The van der Waals surface area contributed by atoms with E-state index in [1.54, 1.807) is 7.11 Å². The lowest BCUT2D eigenvalue weighted by Gasteiger charge is -2.40. The van der Waals surface area contributed by atoms with Crippen molar-refractivity contribution >= 4 is 14.3 Å². The van der Waals surface area contributed by atoms with E-state index in [0.717, 1.165) is 11.3 Å². The third-order valence-electron chi connectivity index (χ3n) is 5.30. The molecule has 0 spiro atoms. The van der Waals surface area contributed by atoms with E-state index in [4.69, 9.17) is 13.9 Å². The Kier molecular flexibility index (Phi) is 8.98. The van der Waals surface area contributed by atoms with Crippen LogP contribution in [0, 0.1) is 5.92 Å². The highest BCUT2D eigenvalue weighted by Gasteiger charge is 2.41. The molecule has 27 heavy (non-hydrogen) atoms. The number of hydrogen-bond donors (Lipinski definition) is 1. The van der Waals surface area contributed by atoms with Crippen LogP contribution in [0.15, 0.2) is 24.3 Å². The largest absolute Gasteiger partial charge is 0.497 e. The van der Waals surface area contributed by atoms with Crippen LogP contribution in [-0.4, -0.2) is 40.7 Å². The van der Waals surface area contributed by atoms with Gasteiger partial charge in [-0.05, 0) is 49.7 Å². The number of ether oxygens (including phenoxy) is 2. The zero-order valence-corrected chi connectivity index (χ0v) is 19.2. The number of methoxy groups -OCH3 is 1. The minimum Gasteiger partial charge on any atom is -0.497 e. The van der Waals surface area contributed by atoms with Crippen molar-refractivity contribution in [2.75, 3.05) is 20.3 Å². The molecule has 0 radical (unpaired) electrons. The standard InChI is InChI=1S/C21H37NO4Si/c1-9-25-20(23)19(16(2)26-27(7,8)21(3,4)5)15-22-14-17-10-12-18(24-6)13-11-17/h10-13,16,19,22H,9,14-15H2,1-8H3/t16-,19+/m1/s1. The van der Waals surface area contributed by atoms with Gasteiger partial charge in [-0.15, -0.1) is 0 Å². The van der Waals surface area contributed by atoms with Crippen LogP contribution in [0.2, 0.25) is 18.1 Å². The summed E-state index contributed by atoms with van der Waals surface area (Å²) in [4.78, 5) is 12.5. The van der Waals surface area contributed by atoms with Crippen LogP contribution < -0.4 is 10.1 Å². The van der Waals surface area contributed by atoms with Gasteiger partial charge >= 0.3 is 5.97 Å². The molecule has 0 bridgehead atoms. The summed E-state index contributed by atoms with van der Waals surface area (Å²) in [6, 6.07) is 7.90. The third-order valence-corrected chi connectivity index (χ3v) is 9.87. The Labute approximate surface area is 165 Å². The molecule has 2 atom stereocenters. The fourth-order valence-electron chi connectivity index (χ4n) is 2.53. The van der Waals surface area contributed by atoms with Crippen LogP contribution in [-0.2, 0) is 20.5 Å². The topological polar surface area (TPSA) is 56.8 Å². The Balaban J connectivity index is 2.74. The highest BCUT2D eigenvalue weighted by molar-refractivity contribution is 6.74. The van der Waals surface area contributed by atoms with E-state index in [2.05, 4.69) is 39.2 Å². The second kappa shape index (κ2) is 10.2. The van der Waals surface area contributed by atoms with Gasteiger partial charge in [0.1, 0.15) is 5.75 Å². The lowest BCUT2D eigenvalue weighted by Crippen LogP contribution is -2.48. The lowest BCUT2D eigenvalue weighted by molar-refractivity contribution is -0.151. The Morgan fingerprint density at radius 2 is 1.78 bits per heavy atom. The molecule has 1 rings (SSSR count). The molecule has 0 amide bonds. The molecule has 0 saturated carbocycles. The molecular weight excluding hydrogens is 358 g/mol. The van der Waals surface area contributed by atoms with Crippen LogP contribution in [0.4, 0.5) is 0 Å². The molecule has 1 aromatic rings. The molecule has 1 aromatic carbocycles. The van der Waals surface area contributed by atoms with Gasteiger partial charge < -0.3 is 19.2 Å². The number of carbonyl (C=O) groups excluding carboxylic acids is 1. The monoisotopic (exact) mass is 395 g/mol.